The molecule has 0 radical (unpaired) electrons. The van der Waals surface area contributed by atoms with Crippen molar-refractivity contribution in [2.45, 2.75) is 19.8 Å². The number of aryl methyl sites for hydroxylation is 2. The lowest BCUT2D eigenvalue weighted by Gasteiger charge is -2.05. The first-order chi connectivity index (χ1) is 9.75. The summed E-state index contributed by atoms with van der Waals surface area (Å²) in [5, 5.41) is 0. The topological polar surface area (TPSA) is 34.9 Å². The van der Waals surface area contributed by atoms with Gasteiger partial charge in [-0.05, 0) is 31.0 Å². The number of aromatic nitrogens is 2. The zero-order chi connectivity index (χ0) is 13.9. The van der Waals surface area contributed by atoms with Gasteiger partial charge in [0, 0.05) is 6.42 Å². The summed E-state index contributed by atoms with van der Waals surface area (Å²) in [6, 6.07) is 17.8. The second kappa shape index (κ2) is 5.29. The van der Waals surface area contributed by atoms with Crippen molar-refractivity contribution in [3.05, 3.63) is 66.0 Å². The molecule has 3 rings (SSSR count). The molecule has 1 aromatic heterocycles. The van der Waals surface area contributed by atoms with E-state index in [0.29, 0.717) is 6.42 Å². The number of hydrogen-bond donors (Lipinski definition) is 0. The number of hydrogen-bond acceptors (Lipinski definition) is 2. The molecule has 0 N–H and O–H groups in total. The van der Waals surface area contributed by atoms with Gasteiger partial charge in [-0.25, -0.2) is 4.98 Å². The highest BCUT2D eigenvalue weighted by Crippen LogP contribution is 2.16. The molecule has 0 spiro atoms. The minimum Gasteiger partial charge on any atom is -0.274 e. The number of imidazole rings is 1. The van der Waals surface area contributed by atoms with Crippen LogP contribution in [0, 0.1) is 6.92 Å². The molecule has 2 aromatic carbocycles. The number of nitrogens with zero attached hydrogens (tertiary/aromatic N) is 2. The summed E-state index contributed by atoms with van der Waals surface area (Å²) in [5.74, 6) is 0.851. The summed E-state index contributed by atoms with van der Waals surface area (Å²) < 4.78 is 1.72. The zero-order valence-corrected chi connectivity index (χ0v) is 11.4. The number of carbonyl (C=O) groups is 1. The van der Waals surface area contributed by atoms with Crippen LogP contribution in [0.15, 0.2) is 54.6 Å². The molecule has 0 amide bonds. The highest BCUT2D eigenvalue weighted by atomic mass is 16.2. The van der Waals surface area contributed by atoms with E-state index in [0.717, 1.165) is 23.3 Å². The van der Waals surface area contributed by atoms with Crippen molar-refractivity contribution in [2.75, 3.05) is 0 Å². The van der Waals surface area contributed by atoms with Crippen LogP contribution in [0.3, 0.4) is 0 Å². The molecule has 1 heterocycles. The van der Waals surface area contributed by atoms with Crippen LogP contribution in [-0.4, -0.2) is 15.5 Å². The predicted molar refractivity (Wildman–Crippen MR) is 79.9 cm³/mol. The smallest absolute Gasteiger partial charge is 0.232 e. The Hall–Kier alpha value is -2.42. The minimum absolute atomic E-state index is 0.0973. The maximum Gasteiger partial charge on any atom is 0.232 e. The lowest BCUT2D eigenvalue weighted by molar-refractivity contribution is 0.0905. The van der Waals surface area contributed by atoms with Crippen LogP contribution in [0.1, 0.15) is 22.6 Å². The Morgan fingerprint density at radius 1 is 1.05 bits per heavy atom. The number of fused-ring (bicyclic) bond motifs is 1. The summed E-state index contributed by atoms with van der Waals surface area (Å²) in [6.45, 7) is 1.88. The molecule has 0 saturated heterocycles. The average Bonchev–Trinajstić information content (AvgIpc) is 2.82. The maximum atomic E-state index is 12.4. The van der Waals surface area contributed by atoms with Crippen molar-refractivity contribution in [3.63, 3.8) is 0 Å². The largest absolute Gasteiger partial charge is 0.274 e. The number of benzene rings is 2. The zero-order valence-electron chi connectivity index (χ0n) is 11.4. The Bertz CT molecular complexity index is 744. The van der Waals surface area contributed by atoms with E-state index in [-0.39, 0.29) is 5.91 Å². The third kappa shape index (κ3) is 2.35. The van der Waals surface area contributed by atoms with Crippen molar-refractivity contribution in [3.8, 4) is 0 Å². The Morgan fingerprint density at radius 3 is 2.55 bits per heavy atom. The van der Waals surface area contributed by atoms with E-state index in [4.69, 9.17) is 0 Å². The van der Waals surface area contributed by atoms with Crippen LogP contribution >= 0.6 is 0 Å². The maximum absolute atomic E-state index is 12.4. The normalized spacial score (nSPS) is 10.8. The first kappa shape index (κ1) is 12.6. The van der Waals surface area contributed by atoms with Crippen LogP contribution in [0.25, 0.3) is 11.0 Å². The molecular formula is C17H16N2O. The monoisotopic (exact) mass is 264 g/mol. The van der Waals surface area contributed by atoms with Gasteiger partial charge in [-0.1, -0.05) is 42.5 Å². The van der Waals surface area contributed by atoms with Gasteiger partial charge in [0.25, 0.3) is 0 Å². The first-order valence-electron chi connectivity index (χ1n) is 6.77. The molecule has 0 saturated carbocycles. The van der Waals surface area contributed by atoms with Gasteiger partial charge >= 0.3 is 0 Å². The summed E-state index contributed by atoms with van der Waals surface area (Å²) in [7, 11) is 0. The average molecular weight is 264 g/mol. The van der Waals surface area contributed by atoms with E-state index in [1.54, 1.807) is 4.57 Å². The standard InChI is InChI=1S/C17H16N2O/c1-13-18-15-9-5-6-10-16(15)19(13)17(20)12-11-14-7-3-2-4-8-14/h2-10H,11-12H2,1H3. The summed E-state index contributed by atoms with van der Waals surface area (Å²) in [4.78, 5) is 16.9. The third-order valence-corrected chi connectivity index (χ3v) is 3.45. The molecule has 0 fully saturated rings. The van der Waals surface area contributed by atoms with Crippen LogP contribution in [-0.2, 0) is 6.42 Å². The second-order valence-corrected chi connectivity index (χ2v) is 4.86. The van der Waals surface area contributed by atoms with Crippen LogP contribution in [0.4, 0.5) is 0 Å². The van der Waals surface area contributed by atoms with Crippen molar-refractivity contribution < 1.29 is 4.79 Å². The van der Waals surface area contributed by atoms with Gasteiger partial charge in [0.05, 0.1) is 11.0 Å². The van der Waals surface area contributed by atoms with Crippen LogP contribution in [0.5, 0.6) is 0 Å². The highest BCUT2D eigenvalue weighted by Gasteiger charge is 2.13. The fraction of sp³-hybridized carbons (Fsp3) is 0.176. The Balaban J connectivity index is 1.84. The molecule has 20 heavy (non-hydrogen) atoms. The number of carbonyl (C=O) groups excluding carboxylic acids is 1. The lowest BCUT2D eigenvalue weighted by Crippen LogP contribution is -2.13. The van der Waals surface area contributed by atoms with E-state index in [1.807, 2.05) is 61.5 Å². The van der Waals surface area contributed by atoms with Crippen molar-refractivity contribution in [2.24, 2.45) is 0 Å². The summed E-state index contributed by atoms with van der Waals surface area (Å²) in [6.07, 6.45) is 1.25. The fourth-order valence-corrected chi connectivity index (χ4v) is 2.47. The van der Waals surface area contributed by atoms with Gasteiger partial charge < -0.3 is 0 Å². The van der Waals surface area contributed by atoms with Gasteiger partial charge in [0.1, 0.15) is 5.82 Å². The van der Waals surface area contributed by atoms with Crippen molar-refractivity contribution in [1.82, 2.24) is 9.55 Å². The lowest BCUT2D eigenvalue weighted by atomic mass is 10.1. The fourth-order valence-electron chi connectivity index (χ4n) is 2.47. The SMILES string of the molecule is Cc1nc2ccccc2n1C(=O)CCc1ccccc1. The highest BCUT2D eigenvalue weighted by molar-refractivity contribution is 5.91. The Kier molecular flexibility index (Phi) is 3.33. The van der Waals surface area contributed by atoms with E-state index in [9.17, 15) is 4.79 Å². The van der Waals surface area contributed by atoms with Gasteiger partial charge in [-0.2, -0.15) is 0 Å². The van der Waals surface area contributed by atoms with Gasteiger partial charge in [-0.3, -0.25) is 9.36 Å². The van der Waals surface area contributed by atoms with Crippen molar-refractivity contribution in [1.29, 1.82) is 0 Å². The minimum atomic E-state index is 0.0973. The first-order valence-corrected chi connectivity index (χ1v) is 6.77. The molecule has 0 aliphatic rings. The molecule has 3 heteroatoms. The molecule has 0 atom stereocenters. The molecule has 0 bridgehead atoms. The Morgan fingerprint density at radius 2 is 1.75 bits per heavy atom. The van der Waals surface area contributed by atoms with E-state index in [2.05, 4.69) is 4.98 Å². The molecule has 3 aromatic rings. The molecule has 0 aliphatic carbocycles. The molecule has 3 nitrogen and oxygen atoms in total. The third-order valence-electron chi connectivity index (χ3n) is 3.45. The number of rotatable bonds is 3. The van der Waals surface area contributed by atoms with Crippen LogP contribution < -0.4 is 0 Å². The summed E-state index contributed by atoms with van der Waals surface area (Å²) >= 11 is 0. The predicted octanol–water partition coefficient (Wildman–Crippen LogP) is 3.62. The van der Waals surface area contributed by atoms with E-state index >= 15 is 0 Å². The Labute approximate surface area is 117 Å². The van der Waals surface area contributed by atoms with Gasteiger partial charge in [0.2, 0.25) is 5.91 Å². The number of para-hydroxylation sites is 2. The van der Waals surface area contributed by atoms with E-state index in [1.165, 1.54) is 5.56 Å². The quantitative estimate of drug-likeness (QED) is 0.724. The van der Waals surface area contributed by atoms with Crippen LogP contribution in [0.2, 0.25) is 0 Å². The van der Waals surface area contributed by atoms with E-state index < -0.39 is 0 Å². The van der Waals surface area contributed by atoms with Gasteiger partial charge in [0.15, 0.2) is 0 Å². The molecule has 0 unspecified atom stereocenters. The summed E-state index contributed by atoms with van der Waals surface area (Å²) in [5.41, 5.74) is 2.95. The van der Waals surface area contributed by atoms with Crippen molar-refractivity contribution >= 4 is 16.9 Å². The molecular weight excluding hydrogens is 248 g/mol. The molecule has 0 aliphatic heterocycles. The van der Waals surface area contributed by atoms with Gasteiger partial charge in [-0.15, -0.1) is 0 Å². The molecule has 100 valence electrons. The second-order valence-electron chi connectivity index (χ2n) is 4.86.